The van der Waals surface area contributed by atoms with Gasteiger partial charge in [0.05, 0.1) is 0 Å². The van der Waals surface area contributed by atoms with Crippen LogP contribution in [0.3, 0.4) is 0 Å². The average Bonchev–Trinajstić information content (AvgIpc) is 3.24. The first-order chi connectivity index (χ1) is 33.2. The van der Waals surface area contributed by atoms with Gasteiger partial charge in [-0.2, -0.15) is 0 Å². The van der Waals surface area contributed by atoms with Crippen LogP contribution in [0.25, 0.3) is 11.1 Å². The summed E-state index contributed by atoms with van der Waals surface area (Å²) in [6.07, 6.45) is -46.1. The normalized spacial score (nSPS) is 13.5. The second-order valence-electron chi connectivity index (χ2n) is 14.8. The van der Waals surface area contributed by atoms with Crippen LogP contribution >= 0.6 is 19.8 Å². The van der Waals surface area contributed by atoms with Crippen molar-refractivity contribution in [3.05, 3.63) is 177 Å². The van der Waals surface area contributed by atoms with Gasteiger partial charge in [-0.15, -0.1) is 0 Å². The average molecular weight is 1190 g/mol. The fourth-order valence-electron chi connectivity index (χ4n) is 6.52. The molecule has 0 aliphatic carbocycles. The van der Waals surface area contributed by atoms with Crippen LogP contribution < -0.4 is 14.0 Å². The number of halogens is 25. The van der Waals surface area contributed by atoms with Gasteiger partial charge in [-0.25, -0.2) is 0 Å². The van der Waals surface area contributed by atoms with E-state index in [9.17, 15) is 92.2 Å². The molecule has 0 saturated heterocycles. The zero-order chi connectivity index (χ0) is 54.7. The molecular weight excluding hydrogens is 1170 g/mol. The van der Waals surface area contributed by atoms with E-state index < -0.39 is 175 Å². The van der Waals surface area contributed by atoms with E-state index in [1.165, 1.54) is 18.2 Å². The van der Waals surface area contributed by atoms with Crippen LogP contribution in [0.15, 0.2) is 121 Å². The number of alkyl halides is 24. The van der Waals surface area contributed by atoms with Crippen LogP contribution in [0.2, 0.25) is 0 Å². The van der Waals surface area contributed by atoms with Crippen molar-refractivity contribution in [2.45, 2.75) is 49.4 Å². The first-order valence-corrected chi connectivity index (χ1v) is 22.5. The van der Waals surface area contributed by atoms with Gasteiger partial charge in [-0.3, -0.25) is 0 Å². The Labute approximate surface area is 399 Å². The maximum atomic E-state index is 15.3. The van der Waals surface area contributed by atoms with Crippen LogP contribution in [-0.2, 0) is 49.4 Å². The Kier molecular flexibility index (Phi) is 15.1. The summed E-state index contributed by atoms with van der Waals surface area (Å²) in [5, 5.41) is 0. The molecule has 6 rings (SSSR count). The first-order valence-electron chi connectivity index (χ1n) is 19.3. The summed E-state index contributed by atoms with van der Waals surface area (Å²) in [4.78, 5) is 0. The molecule has 6 aromatic rings. The first kappa shape index (κ1) is 56.1. The third kappa shape index (κ3) is 13.5. The summed E-state index contributed by atoms with van der Waals surface area (Å²) >= 11 is -4.50. The zero-order valence-electron chi connectivity index (χ0n) is 34.8. The van der Waals surface area contributed by atoms with E-state index in [1.54, 1.807) is 0 Å². The second-order valence-corrected chi connectivity index (χ2v) is 20.1. The van der Waals surface area contributed by atoms with Crippen molar-refractivity contribution < 1.29 is 119 Å². The SMILES string of the molecule is FC(F)(F)c1cc(OB(Oc2cc(C(F)(F)F)cc(C(F)(F)F)c2)Oc2cc(C(F)(F)F)cc(C(F)(F)F)c2-c2ccccc2I(c2ccccc2)c2cc(C(F)(F)F)cc(C(F)(F)F)c2)cc(C(F)(F)F)c1. The summed E-state index contributed by atoms with van der Waals surface area (Å²) < 4.78 is 356. The third-order valence-electron chi connectivity index (χ3n) is 9.61. The van der Waals surface area contributed by atoms with Crippen LogP contribution in [0, 0.1) is 10.7 Å². The molecule has 0 bridgehead atoms. The molecule has 0 heterocycles. The zero-order valence-corrected chi connectivity index (χ0v) is 37.0. The number of rotatable bonds is 10. The Balaban J connectivity index is 1.72. The molecule has 29 heteroatoms. The Hall–Kier alpha value is -6.17. The molecule has 0 atom stereocenters. The minimum absolute atomic E-state index is 0.172. The van der Waals surface area contributed by atoms with E-state index in [4.69, 9.17) is 14.0 Å². The quantitative estimate of drug-likeness (QED) is 0.0777. The fourth-order valence-corrected chi connectivity index (χ4v) is 12.6. The Bertz CT molecular complexity index is 2780. The van der Waals surface area contributed by atoms with Crippen LogP contribution in [-0.4, -0.2) is 7.32 Å². The fraction of sp³-hybridized carbons (Fsp3) is 0.182. The van der Waals surface area contributed by atoms with Crippen molar-refractivity contribution in [2.24, 2.45) is 0 Å². The predicted octanol–water partition coefficient (Wildman–Crippen LogP) is 17.4. The Morgan fingerprint density at radius 2 is 0.658 bits per heavy atom. The standard InChI is InChI=1S/C44H20BF24IO3/c46-37(47,48)21-10-22(38(49,50)51)14-29(13-21)70(28-6-2-1-3-7-28)34-9-5-4-8-32(34)36-33(44(67,68)69)19-27(43(64,65)66)20-35(36)73-45(71-30-15-23(39(52,53)54)11-24(16-30)40(55,56)57)72-31-17-25(41(58,59)60)12-26(18-31)42(61,62)63/h1-20H. The summed E-state index contributed by atoms with van der Waals surface area (Å²) in [6.45, 7) is 0. The van der Waals surface area contributed by atoms with Gasteiger partial charge in [0.25, 0.3) is 0 Å². The Morgan fingerprint density at radius 1 is 0.315 bits per heavy atom. The van der Waals surface area contributed by atoms with E-state index >= 15 is 13.2 Å². The molecule has 392 valence electrons. The van der Waals surface area contributed by atoms with E-state index in [-0.39, 0.29) is 52.1 Å². The molecule has 0 unspecified atom stereocenters. The van der Waals surface area contributed by atoms with Crippen molar-refractivity contribution in [1.29, 1.82) is 0 Å². The minimum atomic E-state index is -6.07. The number of hydrogen-bond acceptors (Lipinski definition) is 3. The van der Waals surface area contributed by atoms with Gasteiger partial charge in [0.15, 0.2) is 0 Å². The summed E-state index contributed by atoms with van der Waals surface area (Å²) in [7, 11) is -3.62. The molecule has 0 saturated carbocycles. The van der Waals surface area contributed by atoms with Crippen LogP contribution in [0.5, 0.6) is 17.2 Å². The van der Waals surface area contributed by atoms with Crippen molar-refractivity contribution in [3.63, 3.8) is 0 Å². The summed E-state index contributed by atoms with van der Waals surface area (Å²) in [5.41, 5.74) is -20.5. The van der Waals surface area contributed by atoms with Gasteiger partial charge in [0.2, 0.25) is 0 Å². The number of benzene rings is 6. The third-order valence-corrected chi connectivity index (χ3v) is 15.5. The summed E-state index contributed by atoms with van der Waals surface area (Å²) in [6, 6.07) is 5.88. The van der Waals surface area contributed by atoms with Gasteiger partial charge in [-0.1, -0.05) is 0 Å². The Morgan fingerprint density at radius 3 is 1.03 bits per heavy atom. The van der Waals surface area contributed by atoms with Crippen molar-refractivity contribution in [1.82, 2.24) is 0 Å². The molecule has 0 aliphatic heterocycles. The molecule has 0 aliphatic rings. The molecule has 0 fully saturated rings. The van der Waals surface area contributed by atoms with E-state index in [0.717, 1.165) is 30.3 Å². The van der Waals surface area contributed by atoms with Crippen LogP contribution in [0.4, 0.5) is 105 Å². The second kappa shape index (κ2) is 19.6. The monoisotopic (exact) mass is 1190 g/mol. The van der Waals surface area contributed by atoms with Crippen molar-refractivity contribution in [2.75, 3.05) is 0 Å². The maximum absolute atomic E-state index is 15.3. The molecular formula is C44H20BF24IO3. The topological polar surface area (TPSA) is 27.7 Å². The molecule has 0 aromatic heterocycles. The van der Waals surface area contributed by atoms with Crippen molar-refractivity contribution >= 4 is 27.1 Å². The van der Waals surface area contributed by atoms with Gasteiger partial charge >= 0.3 is 401 Å². The predicted molar refractivity (Wildman–Crippen MR) is 215 cm³/mol. The van der Waals surface area contributed by atoms with Gasteiger partial charge in [0.1, 0.15) is 0 Å². The van der Waals surface area contributed by atoms with Gasteiger partial charge in [0, 0.05) is 0 Å². The van der Waals surface area contributed by atoms with Gasteiger partial charge in [-0.05, 0) is 0 Å². The van der Waals surface area contributed by atoms with E-state index in [2.05, 4.69) is 0 Å². The van der Waals surface area contributed by atoms with Gasteiger partial charge < -0.3 is 0 Å². The summed E-state index contributed by atoms with van der Waals surface area (Å²) in [5.74, 6) is -5.56. The van der Waals surface area contributed by atoms with E-state index in [0.29, 0.717) is 6.07 Å². The molecule has 73 heavy (non-hydrogen) atoms. The molecule has 3 nitrogen and oxygen atoms in total. The molecule has 0 amide bonds. The van der Waals surface area contributed by atoms with E-state index in [1.807, 2.05) is 0 Å². The molecule has 0 radical (unpaired) electrons. The molecule has 0 spiro atoms. The molecule has 6 aromatic carbocycles. The number of hydrogen-bond donors (Lipinski definition) is 0. The van der Waals surface area contributed by atoms with Crippen molar-refractivity contribution in [3.8, 4) is 28.4 Å². The molecule has 0 N–H and O–H groups in total. The van der Waals surface area contributed by atoms with Crippen LogP contribution in [0.1, 0.15) is 44.5 Å².